The van der Waals surface area contributed by atoms with E-state index in [1.807, 2.05) is 0 Å². The molecule has 0 fully saturated rings. The van der Waals surface area contributed by atoms with Crippen LogP contribution in [-0.2, 0) is 0 Å². The van der Waals surface area contributed by atoms with Crippen molar-refractivity contribution in [2.75, 3.05) is 11.1 Å². The first-order valence-electron chi connectivity index (χ1n) is 5.85. The van der Waals surface area contributed by atoms with Gasteiger partial charge >= 0.3 is 0 Å². The van der Waals surface area contributed by atoms with Crippen molar-refractivity contribution in [3.05, 3.63) is 46.6 Å². The van der Waals surface area contributed by atoms with Gasteiger partial charge in [0.25, 0.3) is 5.91 Å². The van der Waals surface area contributed by atoms with Crippen molar-refractivity contribution in [3.63, 3.8) is 0 Å². The molecule has 0 aliphatic rings. The van der Waals surface area contributed by atoms with Crippen LogP contribution in [0.15, 0.2) is 40.3 Å². The van der Waals surface area contributed by atoms with Gasteiger partial charge < -0.3 is 10.2 Å². The van der Waals surface area contributed by atoms with Crippen molar-refractivity contribution in [1.82, 2.24) is 9.97 Å². The lowest BCUT2D eigenvalue weighted by atomic mass is 10.2. The zero-order valence-electron chi connectivity index (χ0n) is 10.5. The second kappa shape index (κ2) is 5.55. The minimum Gasteiger partial charge on any atom is -0.463 e. The highest BCUT2D eigenvalue weighted by Gasteiger charge is 2.12. The summed E-state index contributed by atoms with van der Waals surface area (Å²) in [6.45, 7) is 0. The number of aromatic nitrogens is 2. The van der Waals surface area contributed by atoms with E-state index in [0.717, 1.165) is 0 Å². The number of nitrogens with one attached hydrogen (secondary N) is 1. The van der Waals surface area contributed by atoms with Crippen LogP contribution in [0.25, 0.3) is 11.5 Å². The van der Waals surface area contributed by atoms with Crippen LogP contribution in [-0.4, -0.2) is 15.9 Å². The second-order valence-corrected chi connectivity index (χ2v) is 5.32. The number of hydrogen-bond donors (Lipinski definition) is 2. The Bertz CT molecular complexity index is 765. The predicted octanol–water partition coefficient (Wildman–Crippen LogP) is 3.29. The largest absolute Gasteiger partial charge is 0.463 e. The van der Waals surface area contributed by atoms with Gasteiger partial charge in [0.15, 0.2) is 10.9 Å². The summed E-state index contributed by atoms with van der Waals surface area (Å²) in [7, 11) is 0. The number of nitrogens with zero attached hydrogens (tertiary/aromatic N) is 2. The summed E-state index contributed by atoms with van der Waals surface area (Å²) in [6.07, 6.45) is 1.56. The van der Waals surface area contributed by atoms with Gasteiger partial charge in [-0.15, -0.1) is 11.3 Å². The van der Waals surface area contributed by atoms with E-state index in [9.17, 15) is 4.79 Å². The maximum atomic E-state index is 12.1. The summed E-state index contributed by atoms with van der Waals surface area (Å²) in [5.74, 6) is 0.470. The number of pyridine rings is 1. The number of rotatable bonds is 3. The van der Waals surface area contributed by atoms with Gasteiger partial charge in [-0.2, -0.15) is 0 Å². The highest BCUT2D eigenvalue weighted by atomic mass is 35.5. The van der Waals surface area contributed by atoms with Gasteiger partial charge in [-0.25, -0.2) is 9.97 Å². The fourth-order valence-corrected chi connectivity index (χ4v) is 2.60. The second-order valence-electron chi connectivity index (χ2n) is 4.07. The number of amides is 1. The normalized spacial score (nSPS) is 10.5. The Labute approximate surface area is 128 Å². The van der Waals surface area contributed by atoms with Crippen LogP contribution in [0, 0.1) is 0 Å². The number of halogens is 1. The third-order valence-electron chi connectivity index (χ3n) is 2.57. The third kappa shape index (κ3) is 3.04. The van der Waals surface area contributed by atoms with Gasteiger partial charge in [0.1, 0.15) is 16.7 Å². The van der Waals surface area contributed by atoms with E-state index in [1.165, 1.54) is 23.5 Å². The number of furan rings is 1. The van der Waals surface area contributed by atoms with Crippen molar-refractivity contribution in [3.8, 4) is 11.5 Å². The van der Waals surface area contributed by atoms with Crippen LogP contribution in [0.5, 0.6) is 0 Å². The van der Waals surface area contributed by atoms with Crippen molar-refractivity contribution in [1.29, 1.82) is 0 Å². The zero-order chi connectivity index (χ0) is 14.8. The number of anilines is 2. The molecule has 0 aliphatic heterocycles. The first-order chi connectivity index (χ1) is 10.1. The van der Waals surface area contributed by atoms with Gasteiger partial charge in [0, 0.05) is 10.9 Å². The first kappa shape index (κ1) is 13.6. The molecule has 1 amide bonds. The Balaban J connectivity index is 1.79. The van der Waals surface area contributed by atoms with Gasteiger partial charge in [0.05, 0.1) is 6.26 Å². The third-order valence-corrected chi connectivity index (χ3v) is 3.53. The topological polar surface area (TPSA) is 94.0 Å². The Morgan fingerprint density at radius 2 is 2.24 bits per heavy atom. The molecule has 0 atom stereocenters. The highest BCUT2D eigenvalue weighted by molar-refractivity contribution is 7.14. The number of nitrogens with two attached hydrogens (primary N) is 1. The molecular weight excluding hydrogens is 312 g/mol. The molecule has 0 spiro atoms. The fraction of sp³-hybridized carbons (Fsp3) is 0. The molecule has 0 radical (unpaired) electrons. The molecule has 3 N–H and O–H groups in total. The molecule has 0 aliphatic carbocycles. The fourth-order valence-electron chi connectivity index (χ4n) is 1.69. The molecular formula is C13H9ClN4O2S. The summed E-state index contributed by atoms with van der Waals surface area (Å²) >= 11 is 7.07. The maximum absolute atomic E-state index is 12.1. The van der Waals surface area contributed by atoms with Crippen molar-refractivity contribution in [2.45, 2.75) is 0 Å². The summed E-state index contributed by atoms with van der Waals surface area (Å²) in [4.78, 5) is 20.2. The molecule has 8 heteroatoms. The van der Waals surface area contributed by atoms with Crippen LogP contribution in [0.4, 0.5) is 10.9 Å². The quantitative estimate of drug-likeness (QED) is 0.722. The van der Waals surface area contributed by atoms with Gasteiger partial charge in [-0.3, -0.25) is 10.1 Å². The molecule has 0 unspecified atom stereocenters. The highest BCUT2D eigenvalue weighted by Crippen LogP contribution is 2.25. The standard InChI is InChI=1S/C13H9ClN4O2S/c14-10-4-7(5-11(15)17-10)12(19)18-13-16-8(6-21-13)9-2-1-3-20-9/h1-6H,(H2,15,17)(H,16,18,19). The predicted molar refractivity (Wildman–Crippen MR) is 81.4 cm³/mol. The van der Waals surface area contributed by atoms with Gasteiger partial charge in [-0.1, -0.05) is 11.6 Å². The number of hydrogen-bond acceptors (Lipinski definition) is 6. The van der Waals surface area contributed by atoms with Crippen LogP contribution in [0.1, 0.15) is 10.4 Å². The summed E-state index contributed by atoms with van der Waals surface area (Å²) in [6, 6.07) is 6.45. The number of carbonyl (C=O) groups excluding carboxylic acids is 1. The maximum Gasteiger partial charge on any atom is 0.257 e. The monoisotopic (exact) mass is 320 g/mol. The van der Waals surface area contributed by atoms with Crippen LogP contribution < -0.4 is 11.1 Å². The molecule has 6 nitrogen and oxygen atoms in total. The van der Waals surface area contributed by atoms with E-state index in [-0.39, 0.29) is 16.9 Å². The lowest BCUT2D eigenvalue weighted by molar-refractivity contribution is 0.102. The summed E-state index contributed by atoms with van der Waals surface area (Å²) in [5, 5.41) is 5.09. The Hall–Kier alpha value is -2.38. The molecule has 0 saturated heterocycles. The summed E-state index contributed by atoms with van der Waals surface area (Å²) in [5.41, 5.74) is 6.54. The average Bonchev–Trinajstić information content (AvgIpc) is 3.07. The molecule has 0 aromatic carbocycles. The van der Waals surface area contributed by atoms with E-state index < -0.39 is 0 Å². The van der Waals surface area contributed by atoms with Crippen LogP contribution >= 0.6 is 22.9 Å². The van der Waals surface area contributed by atoms with Crippen LogP contribution in [0.3, 0.4) is 0 Å². The molecule has 3 rings (SSSR count). The average molecular weight is 321 g/mol. The lowest BCUT2D eigenvalue weighted by Gasteiger charge is -2.03. The summed E-state index contributed by atoms with van der Waals surface area (Å²) < 4.78 is 5.24. The molecule has 0 saturated carbocycles. The molecule has 3 heterocycles. The van der Waals surface area contributed by atoms with Gasteiger partial charge in [0.2, 0.25) is 0 Å². The number of carbonyl (C=O) groups is 1. The Kier molecular flexibility index (Phi) is 3.59. The van der Waals surface area contributed by atoms with Crippen molar-refractivity contribution >= 4 is 39.8 Å². The lowest BCUT2D eigenvalue weighted by Crippen LogP contribution is -2.12. The minimum atomic E-state index is -0.355. The molecule has 0 bridgehead atoms. The Morgan fingerprint density at radius 1 is 1.38 bits per heavy atom. The van der Waals surface area contributed by atoms with Crippen molar-refractivity contribution < 1.29 is 9.21 Å². The van der Waals surface area contributed by atoms with E-state index in [2.05, 4.69) is 15.3 Å². The van der Waals surface area contributed by atoms with Crippen LogP contribution in [0.2, 0.25) is 5.15 Å². The molecule has 3 aromatic rings. The van der Waals surface area contributed by atoms with Gasteiger partial charge in [-0.05, 0) is 24.3 Å². The van der Waals surface area contributed by atoms with E-state index in [0.29, 0.717) is 22.1 Å². The van der Waals surface area contributed by atoms with Crippen molar-refractivity contribution in [2.24, 2.45) is 0 Å². The molecule has 21 heavy (non-hydrogen) atoms. The SMILES string of the molecule is Nc1cc(C(=O)Nc2nc(-c3ccco3)cs2)cc(Cl)n1. The Morgan fingerprint density at radius 3 is 2.95 bits per heavy atom. The van der Waals surface area contributed by atoms with E-state index in [1.54, 1.807) is 23.8 Å². The molecule has 3 aromatic heterocycles. The number of nitrogen functional groups attached to an aromatic ring is 1. The van der Waals surface area contributed by atoms with E-state index >= 15 is 0 Å². The smallest absolute Gasteiger partial charge is 0.257 e. The number of thiazole rings is 1. The van der Waals surface area contributed by atoms with E-state index in [4.69, 9.17) is 21.8 Å². The molecule has 106 valence electrons. The first-order valence-corrected chi connectivity index (χ1v) is 7.11. The zero-order valence-corrected chi connectivity index (χ0v) is 12.1. The minimum absolute atomic E-state index is 0.163.